The quantitative estimate of drug-likeness (QED) is 0.628. The molecule has 1 aromatic rings. The van der Waals surface area contributed by atoms with Gasteiger partial charge in [-0.3, -0.25) is 0 Å². The Morgan fingerprint density at radius 2 is 2.17 bits per heavy atom. The first-order valence-electron chi connectivity index (χ1n) is 4.06. The molecule has 1 aliphatic rings. The van der Waals surface area contributed by atoms with E-state index in [1.165, 1.54) is 0 Å². The van der Waals surface area contributed by atoms with Crippen molar-refractivity contribution in [3.8, 4) is 0 Å². The van der Waals surface area contributed by atoms with Crippen LogP contribution in [0.4, 0.5) is 0 Å². The molecule has 2 nitrogen and oxygen atoms in total. The second-order valence-corrected chi connectivity index (χ2v) is 4.34. The first kappa shape index (κ1) is 8.44. The zero-order chi connectivity index (χ0) is 8.60. The van der Waals surface area contributed by atoms with E-state index in [4.69, 9.17) is 0 Å². The number of halogens is 1. The van der Waals surface area contributed by atoms with Crippen molar-refractivity contribution in [2.24, 2.45) is 0 Å². The summed E-state index contributed by atoms with van der Waals surface area (Å²) in [7, 11) is 0. The number of aliphatic hydroxyl groups is 1. The summed E-state index contributed by atoms with van der Waals surface area (Å²) >= 11 is 2.16. The molecular weight excluding hydrogens is 265 g/mol. The van der Waals surface area contributed by atoms with E-state index >= 15 is 0 Å². The molecule has 3 heteroatoms. The maximum atomic E-state index is 9.94. The summed E-state index contributed by atoms with van der Waals surface area (Å²) in [4.78, 5) is 4.30. The minimum Gasteiger partial charge on any atom is -0.384 e. The molecule has 12 heavy (non-hydrogen) atoms. The molecule has 1 heterocycles. The molecule has 1 fully saturated rings. The number of hydrogen-bond donors (Lipinski definition) is 1. The van der Waals surface area contributed by atoms with E-state index < -0.39 is 5.60 Å². The van der Waals surface area contributed by atoms with Gasteiger partial charge in [0.25, 0.3) is 0 Å². The first-order chi connectivity index (χ1) is 5.71. The van der Waals surface area contributed by atoms with Crippen molar-refractivity contribution in [3.63, 3.8) is 0 Å². The molecule has 2 rings (SSSR count). The van der Waals surface area contributed by atoms with Gasteiger partial charge in [0.2, 0.25) is 0 Å². The second-order valence-electron chi connectivity index (χ2n) is 3.23. The van der Waals surface area contributed by atoms with E-state index in [0.717, 1.165) is 28.7 Å². The topological polar surface area (TPSA) is 33.1 Å². The predicted octanol–water partition coefficient (Wildman–Crippen LogP) is 2.06. The fourth-order valence-electron chi connectivity index (χ4n) is 1.44. The lowest BCUT2D eigenvalue weighted by molar-refractivity contribution is -0.0427. The van der Waals surface area contributed by atoms with E-state index in [2.05, 4.69) is 27.6 Å². The third-order valence-electron chi connectivity index (χ3n) is 2.37. The summed E-state index contributed by atoms with van der Waals surface area (Å²) in [5.41, 5.74) is 0.224. The van der Waals surface area contributed by atoms with Crippen LogP contribution >= 0.6 is 22.6 Å². The SMILES string of the molecule is OC1(c2cccc(I)n2)CCC1. The van der Waals surface area contributed by atoms with Crippen molar-refractivity contribution in [3.05, 3.63) is 27.6 Å². The molecule has 0 aromatic carbocycles. The molecule has 0 saturated heterocycles. The predicted molar refractivity (Wildman–Crippen MR) is 54.7 cm³/mol. The first-order valence-corrected chi connectivity index (χ1v) is 5.14. The molecule has 1 aliphatic carbocycles. The van der Waals surface area contributed by atoms with Crippen LogP contribution in [0, 0.1) is 3.70 Å². The van der Waals surface area contributed by atoms with Gasteiger partial charge in [0.1, 0.15) is 9.30 Å². The van der Waals surface area contributed by atoms with Crippen molar-refractivity contribution in [1.82, 2.24) is 4.98 Å². The normalized spacial score (nSPS) is 20.2. The maximum absolute atomic E-state index is 9.94. The molecule has 0 amide bonds. The number of pyridine rings is 1. The lowest BCUT2D eigenvalue weighted by Gasteiger charge is -2.35. The van der Waals surface area contributed by atoms with Crippen molar-refractivity contribution < 1.29 is 5.11 Å². The molecule has 0 radical (unpaired) electrons. The van der Waals surface area contributed by atoms with Crippen LogP contribution in [0.5, 0.6) is 0 Å². The van der Waals surface area contributed by atoms with Crippen molar-refractivity contribution in [1.29, 1.82) is 0 Å². The zero-order valence-corrected chi connectivity index (χ0v) is 8.78. The van der Waals surface area contributed by atoms with E-state index in [9.17, 15) is 5.11 Å². The molecule has 0 bridgehead atoms. The van der Waals surface area contributed by atoms with Crippen LogP contribution < -0.4 is 0 Å². The summed E-state index contributed by atoms with van der Waals surface area (Å²) in [5.74, 6) is 0. The Hall–Kier alpha value is -0.160. The van der Waals surface area contributed by atoms with Gasteiger partial charge >= 0.3 is 0 Å². The highest BCUT2D eigenvalue weighted by Gasteiger charge is 2.37. The van der Waals surface area contributed by atoms with Gasteiger partial charge in [0, 0.05) is 0 Å². The smallest absolute Gasteiger partial charge is 0.107 e. The number of nitrogens with zero attached hydrogens (tertiary/aromatic N) is 1. The third kappa shape index (κ3) is 1.35. The Morgan fingerprint density at radius 3 is 2.67 bits per heavy atom. The summed E-state index contributed by atoms with van der Waals surface area (Å²) in [5, 5.41) is 9.94. The zero-order valence-electron chi connectivity index (χ0n) is 6.63. The summed E-state index contributed by atoms with van der Waals surface area (Å²) in [6.07, 6.45) is 2.84. The minimum atomic E-state index is -0.610. The Bertz CT molecular complexity index is 296. The van der Waals surface area contributed by atoms with Gasteiger partial charge in [-0.25, -0.2) is 4.98 Å². The average Bonchev–Trinajstić information content (AvgIpc) is 2.00. The van der Waals surface area contributed by atoms with Crippen LogP contribution in [-0.4, -0.2) is 10.1 Å². The van der Waals surface area contributed by atoms with Crippen LogP contribution in [0.25, 0.3) is 0 Å². The Labute approximate surface area is 85.2 Å². The van der Waals surface area contributed by atoms with Crippen LogP contribution in [0.1, 0.15) is 25.0 Å². The number of hydrogen-bond acceptors (Lipinski definition) is 2. The van der Waals surface area contributed by atoms with Crippen molar-refractivity contribution in [2.75, 3.05) is 0 Å². The molecule has 0 atom stereocenters. The van der Waals surface area contributed by atoms with Crippen LogP contribution in [0.2, 0.25) is 0 Å². The van der Waals surface area contributed by atoms with E-state index in [1.807, 2.05) is 18.2 Å². The van der Waals surface area contributed by atoms with E-state index in [-0.39, 0.29) is 0 Å². The number of aromatic nitrogens is 1. The molecule has 1 aromatic heterocycles. The van der Waals surface area contributed by atoms with Gasteiger partial charge in [-0.15, -0.1) is 0 Å². The monoisotopic (exact) mass is 275 g/mol. The second kappa shape index (κ2) is 2.96. The van der Waals surface area contributed by atoms with Gasteiger partial charge in [0.05, 0.1) is 5.69 Å². The molecule has 0 unspecified atom stereocenters. The lowest BCUT2D eigenvalue weighted by Crippen LogP contribution is -2.34. The van der Waals surface area contributed by atoms with Gasteiger partial charge in [0.15, 0.2) is 0 Å². The number of rotatable bonds is 1. The van der Waals surface area contributed by atoms with Gasteiger partial charge in [-0.1, -0.05) is 6.07 Å². The standard InChI is InChI=1S/C9H10INO/c10-8-4-1-3-7(11-8)9(12)5-2-6-9/h1,3-4,12H,2,5-6H2. The highest BCUT2D eigenvalue weighted by atomic mass is 127. The van der Waals surface area contributed by atoms with Crippen molar-refractivity contribution in [2.45, 2.75) is 24.9 Å². The summed E-state index contributed by atoms with van der Waals surface area (Å²) in [6, 6.07) is 5.79. The molecule has 0 spiro atoms. The molecule has 64 valence electrons. The third-order valence-corrected chi connectivity index (χ3v) is 2.97. The molecule has 1 saturated carbocycles. The van der Waals surface area contributed by atoms with E-state index in [1.54, 1.807) is 0 Å². The van der Waals surface area contributed by atoms with Crippen LogP contribution in [0.3, 0.4) is 0 Å². The Kier molecular flexibility index (Phi) is 2.08. The Morgan fingerprint density at radius 1 is 1.42 bits per heavy atom. The largest absolute Gasteiger partial charge is 0.384 e. The fourth-order valence-corrected chi connectivity index (χ4v) is 1.90. The molecule has 1 N–H and O–H groups in total. The maximum Gasteiger partial charge on any atom is 0.107 e. The fraction of sp³-hybridized carbons (Fsp3) is 0.444. The lowest BCUT2D eigenvalue weighted by atomic mass is 9.78. The minimum absolute atomic E-state index is 0.610. The van der Waals surface area contributed by atoms with Crippen LogP contribution in [0.15, 0.2) is 18.2 Å². The van der Waals surface area contributed by atoms with Gasteiger partial charge < -0.3 is 5.11 Å². The highest BCUT2D eigenvalue weighted by molar-refractivity contribution is 14.1. The van der Waals surface area contributed by atoms with Crippen LogP contribution in [-0.2, 0) is 5.60 Å². The summed E-state index contributed by atoms with van der Waals surface area (Å²) in [6.45, 7) is 0. The highest BCUT2D eigenvalue weighted by Crippen LogP contribution is 2.39. The van der Waals surface area contributed by atoms with Gasteiger partial charge in [-0.2, -0.15) is 0 Å². The van der Waals surface area contributed by atoms with Gasteiger partial charge in [-0.05, 0) is 54.0 Å². The molecule has 0 aliphatic heterocycles. The van der Waals surface area contributed by atoms with E-state index in [0.29, 0.717) is 0 Å². The average molecular weight is 275 g/mol. The van der Waals surface area contributed by atoms with Crippen molar-refractivity contribution >= 4 is 22.6 Å². The Balaban J connectivity index is 2.33. The molecular formula is C9H10INO. The summed E-state index contributed by atoms with van der Waals surface area (Å²) < 4.78 is 0.949.